The van der Waals surface area contributed by atoms with Gasteiger partial charge in [-0.15, -0.1) is 0 Å². The number of aromatic amines is 1. The van der Waals surface area contributed by atoms with Crippen molar-refractivity contribution in [2.45, 2.75) is 12.1 Å². The van der Waals surface area contributed by atoms with Crippen LogP contribution in [0.3, 0.4) is 0 Å². The van der Waals surface area contributed by atoms with Crippen molar-refractivity contribution in [2.24, 2.45) is 5.73 Å². The largest absolute Gasteiger partial charge is 0.417 e. The Balaban J connectivity index is 2.47. The molecule has 2 rings (SSSR count). The number of hydrogen-bond donors (Lipinski definition) is 3. The lowest BCUT2D eigenvalue weighted by molar-refractivity contribution is 0.181. The minimum atomic E-state index is -0.477. The van der Waals surface area contributed by atoms with Gasteiger partial charge >= 0.3 is 5.76 Å². The molecule has 2 aromatic rings. The van der Waals surface area contributed by atoms with Crippen molar-refractivity contribution in [3.05, 3.63) is 34.3 Å². The third-order valence-electron chi connectivity index (χ3n) is 2.96. The van der Waals surface area contributed by atoms with E-state index in [-0.39, 0.29) is 12.6 Å². The van der Waals surface area contributed by atoms with Crippen LogP contribution in [0.2, 0.25) is 0 Å². The van der Waals surface area contributed by atoms with Crippen molar-refractivity contribution in [1.29, 1.82) is 0 Å². The maximum Gasteiger partial charge on any atom is 0.417 e. The van der Waals surface area contributed by atoms with Crippen LogP contribution in [-0.4, -0.2) is 41.7 Å². The number of hydrogen-bond acceptors (Lipinski definition) is 5. The van der Waals surface area contributed by atoms with Crippen LogP contribution >= 0.6 is 0 Å². The van der Waals surface area contributed by atoms with Crippen LogP contribution in [0, 0.1) is 0 Å². The van der Waals surface area contributed by atoms with Crippen molar-refractivity contribution in [2.75, 3.05) is 20.7 Å². The van der Waals surface area contributed by atoms with Gasteiger partial charge in [-0.1, -0.05) is 6.07 Å². The summed E-state index contributed by atoms with van der Waals surface area (Å²) in [7, 11) is 3.78. The second-order valence-electron chi connectivity index (χ2n) is 4.52. The fraction of sp³-hybridized carbons (Fsp3) is 0.417. The summed E-state index contributed by atoms with van der Waals surface area (Å²) < 4.78 is 4.94. The Morgan fingerprint density at radius 1 is 1.50 bits per heavy atom. The van der Waals surface area contributed by atoms with E-state index in [2.05, 4.69) is 4.98 Å². The lowest BCUT2D eigenvalue weighted by Gasteiger charge is -2.29. The molecule has 6 nitrogen and oxygen atoms in total. The van der Waals surface area contributed by atoms with Crippen LogP contribution in [0.4, 0.5) is 0 Å². The van der Waals surface area contributed by atoms with E-state index in [4.69, 9.17) is 10.2 Å². The number of oxazole rings is 1. The Hall–Kier alpha value is -1.63. The first-order valence-electron chi connectivity index (χ1n) is 5.68. The summed E-state index contributed by atoms with van der Waals surface area (Å²) in [5, 5.41) is 9.20. The zero-order chi connectivity index (χ0) is 13.3. The molecule has 1 heterocycles. The summed E-state index contributed by atoms with van der Waals surface area (Å²) in [5.41, 5.74) is 7.98. The molecule has 0 fully saturated rings. The van der Waals surface area contributed by atoms with E-state index in [1.165, 1.54) is 0 Å². The Morgan fingerprint density at radius 2 is 2.22 bits per heavy atom. The topological polar surface area (TPSA) is 95.5 Å². The Morgan fingerprint density at radius 3 is 2.83 bits per heavy atom. The molecule has 0 aliphatic carbocycles. The number of aliphatic hydroxyl groups excluding tert-OH is 1. The van der Waals surface area contributed by atoms with Crippen molar-refractivity contribution in [3.8, 4) is 0 Å². The molecule has 0 radical (unpaired) electrons. The van der Waals surface area contributed by atoms with E-state index in [0.717, 1.165) is 5.56 Å². The average Bonchev–Trinajstić information content (AvgIpc) is 2.68. The predicted molar refractivity (Wildman–Crippen MR) is 68.3 cm³/mol. The predicted octanol–water partition coefficient (Wildman–Crippen LogP) is 0.0434. The maximum absolute atomic E-state index is 11.1. The average molecular weight is 251 g/mol. The van der Waals surface area contributed by atoms with Crippen LogP contribution in [0.25, 0.3) is 11.1 Å². The molecule has 1 aromatic carbocycles. The van der Waals surface area contributed by atoms with Gasteiger partial charge in [0.1, 0.15) is 0 Å². The minimum Gasteiger partial charge on any atom is -0.408 e. The van der Waals surface area contributed by atoms with Crippen LogP contribution in [0.1, 0.15) is 11.6 Å². The standard InChI is InChI=1S/C12H17N3O3/c1-15(2)11(8(13)6-16)7-3-4-10-9(5-7)14-12(17)18-10/h3-5,8,11,16H,6,13H2,1-2H3,(H,14,17). The molecule has 18 heavy (non-hydrogen) atoms. The Labute approximate surface area is 104 Å². The molecule has 4 N–H and O–H groups in total. The molecular weight excluding hydrogens is 234 g/mol. The summed E-state index contributed by atoms with van der Waals surface area (Å²) in [6.45, 7) is -0.108. The van der Waals surface area contributed by atoms with Gasteiger partial charge in [0, 0.05) is 6.04 Å². The zero-order valence-corrected chi connectivity index (χ0v) is 10.4. The van der Waals surface area contributed by atoms with Gasteiger partial charge in [0.05, 0.1) is 18.2 Å². The van der Waals surface area contributed by atoms with Crippen molar-refractivity contribution >= 4 is 11.1 Å². The van der Waals surface area contributed by atoms with Gasteiger partial charge in [0.25, 0.3) is 0 Å². The van der Waals surface area contributed by atoms with Gasteiger partial charge in [-0.05, 0) is 31.8 Å². The molecule has 0 saturated carbocycles. The molecule has 0 spiro atoms. The van der Waals surface area contributed by atoms with Crippen molar-refractivity contribution in [1.82, 2.24) is 9.88 Å². The number of aliphatic hydroxyl groups is 1. The molecule has 2 unspecified atom stereocenters. The lowest BCUT2D eigenvalue weighted by Crippen LogP contribution is -2.39. The highest BCUT2D eigenvalue weighted by Crippen LogP contribution is 2.24. The maximum atomic E-state index is 11.1. The van der Waals surface area contributed by atoms with E-state index in [1.54, 1.807) is 6.07 Å². The molecule has 0 aliphatic rings. The lowest BCUT2D eigenvalue weighted by atomic mass is 9.99. The smallest absolute Gasteiger partial charge is 0.408 e. The first-order chi connectivity index (χ1) is 8.52. The third-order valence-corrected chi connectivity index (χ3v) is 2.96. The van der Waals surface area contributed by atoms with Crippen molar-refractivity contribution in [3.63, 3.8) is 0 Å². The highest BCUT2D eigenvalue weighted by atomic mass is 16.4. The molecule has 0 saturated heterocycles. The fourth-order valence-electron chi connectivity index (χ4n) is 2.18. The van der Waals surface area contributed by atoms with Gasteiger partial charge < -0.3 is 20.2 Å². The molecule has 1 aromatic heterocycles. The number of rotatable bonds is 4. The molecular formula is C12H17N3O3. The molecule has 2 atom stereocenters. The second-order valence-corrected chi connectivity index (χ2v) is 4.52. The van der Waals surface area contributed by atoms with Gasteiger partial charge in [0.15, 0.2) is 5.58 Å². The highest BCUT2D eigenvalue weighted by molar-refractivity contribution is 5.73. The third kappa shape index (κ3) is 2.31. The van der Waals surface area contributed by atoms with Gasteiger partial charge in [-0.3, -0.25) is 4.98 Å². The van der Waals surface area contributed by atoms with Gasteiger partial charge in [-0.25, -0.2) is 4.79 Å². The number of nitrogens with one attached hydrogen (secondary N) is 1. The summed E-state index contributed by atoms with van der Waals surface area (Å²) in [6, 6.07) is 4.87. The number of fused-ring (bicyclic) bond motifs is 1. The minimum absolute atomic E-state index is 0.108. The molecule has 0 aliphatic heterocycles. The Bertz CT molecular complexity index is 588. The normalized spacial score (nSPS) is 15.2. The fourth-order valence-corrected chi connectivity index (χ4v) is 2.18. The SMILES string of the molecule is CN(C)C(c1ccc2oc(=O)[nH]c2c1)C(N)CO. The molecule has 0 amide bonds. The molecule has 6 heteroatoms. The highest BCUT2D eigenvalue weighted by Gasteiger charge is 2.22. The van der Waals surface area contributed by atoms with E-state index in [0.29, 0.717) is 11.1 Å². The zero-order valence-electron chi connectivity index (χ0n) is 10.4. The summed E-state index contributed by atoms with van der Waals surface area (Å²) in [4.78, 5) is 15.6. The van der Waals surface area contributed by atoms with Crippen LogP contribution in [-0.2, 0) is 0 Å². The first-order valence-corrected chi connectivity index (χ1v) is 5.68. The Kier molecular flexibility index (Phi) is 3.51. The van der Waals surface area contributed by atoms with E-state index in [1.807, 2.05) is 31.1 Å². The van der Waals surface area contributed by atoms with Gasteiger partial charge in [-0.2, -0.15) is 0 Å². The number of nitrogens with zero attached hydrogens (tertiary/aromatic N) is 1. The number of benzene rings is 1. The summed E-state index contributed by atoms with van der Waals surface area (Å²) >= 11 is 0. The van der Waals surface area contributed by atoms with Gasteiger partial charge in [0.2, 0.25) is 0 Å². The summed E-state index contributed by atoms with van der Waals surface area (Å²) in [5.74, 6) is -0.477. The first kappa shape index (κ1) is 12.8. The number of aromatic nitrogens is 1. The van der Waals surface area contributed by atoms with Crippen molar-refractivity contribution < 1.29 is 9.52 Å². The molecule has 0 bridgehead atoms. The van der Waals surface area contributed by atoms with Crippen LogP contribution in [0.15, 0.2) is 27.4 Å². The van der Waals surface area contributed by atoms with Crippen LogP contribution in [0.5, 0.6) is 0 Å². The molecule has 98 valence electrons. The monoisotopic (exact) mass is 251 g/mol. The van der Waals surface area contributed by atoms with E-state index in [9.17, 15) is 9.90 Å². The summed E-state index contributed by atoms with van der Waals surface area (Å²) in [6.07, 6.45) is 0. The number of nitrogens with two attached hydrogens (primary N) is 1. The number of likely N-dealkylation sites (N-methyl/N-ethyl adjacent to an activating group) is 1. The van der Waals surface area contributed by atoms with Crippen LogP contribution < -0.4 is 11.5 Å². The van der Waals surface area contributed by atoms with E-state index < -0.39 is 11.8 Å². The quantitative estimate of drug-likeness (QED) is 0.713. The second kappa shape index (κ2) is 4.93. The van der Waals surface area contributed by atoms with E-state index >= 15 is 0 Å². The number of H-pyrrole nitrogens is 1.